The van der Waals surface area contributed by atoms with Crippen LogP contribution >= 0.6 is 0 Å². The number of hydrogen-bond donors (Lipinski definition) is 0. The Kier molecular flexibility index (Phi) is 1.31. The van der Waals surface area contributed by atoms with Crippen molar-refractivity contribution >= 4 is 0 Å². The predicted octanol–water partition coefficient (Wildman–Crippen LogP) is 2.35. The van der Waals surface area contributed by atoms with Gasteiger partial charge in [-0.1, -0.05) is 12.8 Å². The predicted molar refractivity (Wildman–Crippen MR) is 43.3 cm³/mol. The van der Waals surface area contributed by atoms with Crippen molar-refractivity contribution in [2.24, 2.45) is 11.8 Å². The molecule has 4 unspecified atom stereocenters. The van der Waals surface area contributed by atoms with Gasteiger partial charge < -0.3 is 4.74 Å². The molecule has 0 radical (unpaired) electrons. The molecule has 0 aromatic rings. The van der Waals surface area contributed by atoms with Crippen molar-refractivity contribution in [2.45, 2.75) is 50.7 Å². The molecule has 4 atom stereocenters. The summed E-state index contributed by atoms with van der Waals surface area (Å²) >= 11 is 0. The van der Waals surface area contributed by atoms with E-state index in [-0.39, 0.29) is 0 Å². The van der Waals surface area contributed by atoms with E-state index in [4.69, 9.17) is 4.74 Å². The van der Waals surface area contributed by atoms with Crippen molar-refractivity contribution in [3.05, 3.63) is 0 Å². The van der Waals surface area contributed by atoms with Crippen molar-refractivity contribution in [1.29, 1.82) is 0 Å². The van der Waals surface area contributed by atoms with Gasteiger partial charge in [-0.05, 0) is 37.5 Å². The molecule has 2 bridgehead atoms. The van der Waals surface area contributed by atoms with Gasteiger partial charge in [0.05, 0.1) is 12.2 Å². The topological polar surface area (TPSA) is 9.23 Å². The normalized spacial score (nSPS) is 54.5. The molecule has 2 saturated heterocycles. The van der Waals surface area contributed by atoms with Gasteiger partial charge in [0.2, 0.25) is 0 Å². The highest BCUT2D eigenvalue weighted by atomic mass is 16.5. The largest absolute Gasteiger partial charge is 0.374 e. The second-order valence-electron chi connectivity index (χ2n) is 4.40. The summed E-state index contributed by atoms with van der Waals surface area (Å²) in [5.41, 5.74) is 0. The fourth-order valence-electron chi connectivity index (χ4n) is 3.43. The molecule has 2 heterocycles. The maximum Gasteiger partial charge on any atom is 0.0611 e. The quantitative estimate of drug-likeness (QED) is 0.517. The van der Waals surface area contributed by atoms with E-state index in [0.717, 1.165) is 11.8 Å². The third-order valence-corrected chi connectivity index (χ3v) is 3.92. The van der Waals surface area contributed by atoms with E-state index < -0.39 is 0 Å². The van der Waals surface area contributed by atoms with Crippen LogP contribution in [0.15, 0.2) is 0 Å². The highest BCUT2D eigenvalue weighted by molar-refractivity contribution is 4.97. The molecule has 3 fully saturated rings. The van der Waals surface area contributed by atoms with Crippen molar-refractivity contribution in [1.82, 2.24) is 0 Å². The Morgan fingerprint density at radius 2 is 1.27 bits per heavy atom. The van der Waals surface area contributed by atoms with E-state index in [9.17, 15) is 0 Å². The zero-order valence-electron chi connectivity index (χ0n) is 6.96. The Morgan fingerprint density at radius 1 is 0.727 bits per heavy atom. The molecule has 0 aromatic heterocycles. The van der Waals surface area contributed by atoms with E-state index in [2.05, 4.69) is 0 Å². The fourth-order valence-corrected chi connectivity index (χ4v) is 3.43. The number of hydrogen-bond acceptors (Lipinski definition) is 1. The van der Waals surface area contributed by atoms with Crippen LogP contribution in [0.5, 0.6) is 0 Å². The van der Waals surface area contributed by atoms with Gasteiger partial charge in [0.25, 0.3) is 0 Å². The highest BCUT2D eigenvalue weighted by Crippen LogP contribution is 2.49. The standard InChI is InChI=1S/C10H16O/c1-2-4-8-7(3-1)9-5-6-10(8)11-9/h7-10H,1-6H2. The second kappa shape index (κ2) is 2.22. The lowest BCUT2D eigenvalue weighted by Gasteiger charge is -2.31. The smallest absolute Gasteiger partial charge is 0.0611 e. The van der Waals surface area contributed by atoms with E-state index in [0.29, 0.717) is 12.2 Å². The zero-order valence-corrected chi connectivity index (χ0v) is 6.96. The van der Waals surface area contributed by atoms with Gasteiger partial charge in [-0.3, -0.25) is 0 Å². The summed E-state index contributed by atoms with van der Waals surface area (Å²) in [7, 11) is 0. The van der Waals surface area contributed by atoms with E-state index in [1.54, 1.807) is 0 Å². The molecule has 0 aromatic carbocycles. The van der Waals surface area contributed by atoms with Crippen molar-refractivity contribution in [2.75, 3.05) is 0 Å². The Hall–Kier alpha value is -0.0400. The summed E-state index contributed by atoms with van der Waals surface area (Å²) in [6.07, 6.45) is 9.96. The van der Waals surface area contributed by atoms with Crippen molar-refractivity contribution in [3.8, 4) is 0 Å². The molecule has 62 valence electrons. The Labute approximate surface area is 68.1 Å². The summed E-state index contributed by atoms with van der Waals surface area (Å²) < 4.78 is 5.92. The SMILES string of the molecule is C1CCC2C3CCC(O3)C2C1. The average Bonchev–Trinajstić information content (AvgIpc) is 2.64. The molecular formula is C10H16O. The lowest BCUT2D eigenvalue weighted by molar-refractivity contribution is 0.0876. The minimum Gasteiger partial charge on any atom is -0.374 e. The fraction of sp³-hybridized carbons (Fsp3) is 1.00. The Balaban J connectivity index is 1.84. The minimum absolute atomic E-state index is 0.685. The van der Waals surface area contributed by atoms with E-state index in [1.807, 2.05) is 0 Å². The summed E-state index contributed by atoms with van der Waals surface area (Å²) in [5, 5.41) is 0. The first-order chi connectivity index (χ1) is 5.45. The zero-order chi connectivity index (χ0) is 7.26. The molecule has 0 spiro atoms. The van der Waals surface area contributed by atoms with Crippen LogP contribution in [0.3, 0.4) is 0 Å². The summed E-state index contributed by atoms with van der Waals surface area (Å²) in [6.45, 7) is 0. The highest BCUT2D eigenvalue weighted by Gasteiger charge is 2.48. The van der Waals surface area contributed by atoms with Gasteiger partial charge in [0, 0.05) is 0 Å². The third-order valence-electron chi connectivity index (χ3n) is 3.92. The molecule has 2 aliphatic heterocycles. The lowest BCUT2D eigenvalue weighted by Crippen LogP contribution is -2.29. The van der Waals surface area contributed by atoms with Crippen LogP contribution in [-0.4, -0.2) is 12.2 Å². The first kappa shape index (κ1) is 6.47. The van der Waals surface area contributed by atoms with Gasteiger partial charge in [-0.25, -0.2) is 0 Å². The third kappa shape index (κ3) is 0.807. The molecule has 3 aliphatic rings. The molecule has 3 rings (SSSR count). The molecule has 1 saturated carbocycles. The number of rotatable bonds is 0. The average molecular weight is 152 g/mol. The van der Waals surface area contributed by atoms with Crippen molar-refractivity contribution < 1.29 is 4.74 Å². The van der Waals surface area contributed by atoms with Gasteiger partial charge in [0.1, 0.15) is 0 Å². The number of fused-ring (bicyclic) bond motifs is 5. The maximum absolute atomic E-state index is 5.92. The maximum atomic E-state index is 5.92. The van der Waals surface area contributed by atoms with E-state index in [1.165, 1.54) is 38.5 Å². The van der Waals surface area contributed by atoms with E-state index >= 15 is 0 Å². The van der Waals surface area contributed by atoms with Gasteiger partial charge in [0.15, 0.2) is 0 Å². The molecule has 1 aliphatic carbocycles. The first-order valence-corrected chi connectivity index (χ1v) is 5.10. The summed E-state index contributed by atoms with van der Waals surface area (Å²) in [6, 6.07) is 0. The molecule has 0 N–H and O–H groups in total. The monoisotopic (exact) mass is 152 g/mol. The summed E-state index contributed by atoms with van der Waals surface area (Å²) in [4.78, 5) is 0. The summed E-state index contributed by atoms with van der Waals surface area (Å²) in [5.74, 6) is 1.95. The van der Waals surface area contributed by atoms with Crippen molar-refractivity contribution in [3.63, 3.8) is 0 Å². The van der Waals surface area contributed by atoms with Crippen LogP contribution < -0.4 is 0 Å². The van der Waals surface area contributed by atoms with Crippen LogP contribution in [0.25, 0.3) is 0 Å². The van der Waals surface area contributed by atoms with Gasteiger partial charge in [-0.2, -0.15) is 0 Å². The second-order valence-corrected chi connectivity index (χ2v) is 4.40. The van der Waals surface area contributed by atoms with Crippen LogP contribution in [-0.2, 0) is 4.74 Å². The van der Waals surface area contributed by atoms with Crippen LogP contribution in [0.1, 0.15) is 38.5 Å². The lowest BCUT2D eigenvalue weighted by atomic mass is 9.71. The van der Waals surface area contributed by atoms with Crippen LogP contribution in [0.2, 0.25) is 0 Å². The van der Waals surface area contributed by atoms with Crippen LogP contribution in [0.4, 0.5) is 0 Å². The molecule has 1 nitrogen and oxygen atoms in total. The molecule has 0 amide bonds. The molecule has 11 heavy (non-hydrogen) atoms. The Morgan fingerprint density at radius 3 is 1.82 bits per heavy atom. The van der Waals surface area contributed by atoms with Crippen LogP contribution in [0, 0.1) is 11.8 Å². The first-order valence-electron chi connectivity index (χ1n) is 5.10. The Bertz CT molecular complexity index is 148. The number of ether oxygens (including phenoxy) is 1. The molecular weight excluding hydrogens is 136 g/mol. The van der Waals surface area contributed by atoms with Gasteiger partial charge >= 0.3 is 0 Å². The molecule has 1 heteroatoms. The minimum atomic E-state index is 0.685. The van der Waals surface area contributed by atoms with Gasteiger partial charge in [-0.15, -0.1) is 0 Å².